The molecule has 1 fully saturated rings. The van der Waals surface area contributed by atoms with Crippen LogP contribution in [0.25, 0.3) is 33.5 Å². The summed E-state index contributed by atoms with van der Waals surface area (Å²) in [5, 5.41) is 10.9. The van der Waals surface area contributed by atoms with Crippen molar-refractivity contribution in [1.82, 2.24) is 15.0 Å². The van der Waals surface area contributed by atoms with Crippen molar-refractivity contribution in [3.8, 4) is 28.4 Å². The van der Waals surface area contributed by atoms with E-state index in [1.165, 1.54) is 0 Å². The van der Waals surface area contributed by atoms with E-state index in [1.807, 2.05) is 24.4 Å². The Morgan fingerprint density at radius 2 is 1.92 bits per heavy atom. The normalized spacial score (nSPS) is 15.0. The number of rotatable bonds is 2. The van der Waals surface area contributed by atoms with Crippen LogP contribution < -0.4 is 4.90 Å². The van der Waals surface area contributed by atoms with Gasteiger partial charge in [0.15, 0.2) is 5.82 Å². The highest BCUT2D eigenvalue weighted by atomic mass is 16.5. The average molecular weight is 346 g/mol. The molecule has 3 aliphatic rings. The van der Waals surface area contributed by atoms with Crippen LogP contribution in [-0.2, 0) is 4.74 Å². The first-order valence-corrected chi connectivity index (χ1v) is 8.69. The number of H-pyrrole nitrogens is 1. The van der Waals surface area contributed by atoms with Gasteiger partial charge in [0.25, 0.3) is 0 Å². The van der Waals surface area contributed by atoms with Crippen LogP contribution in [-0.4, -0.2) is 46.4 Å². The van der Waals surface area contributed by atoms with Crippen LogP contribution in [0.2, 0.25) is 0 Å². The molecule has 0 saturated carbocycles. The summed E-state index contributed by atoms with van der Waals surface area (Å²) in [6, 6.07) is 13.2. The molecule has 0 unspecified atom stereocenters. The van der Waals surface area contributed by atoms with Crippen LogP contribution in [0.4, 0.5) is 5.82 Å². The Hall–Kier alpha value is -3.12. The molecule has 3 heterocycles. The van der Waals surface area contributed by atoms with E-state index in [2.05, 4.69) is 22.0 Å². The molecule has 0 radical (unpaired) electrons. The molecule has 1 aromatic carbocycles. The number of nitrogens with one attached hydrogen (secondary N) is 1. The van der Waals surface area contributed by atoms with E-state index in [4.69, 9.17) is 14.7 Å². The van der Waals surface area contributed by atoms with Crippen LogP contribution >= 0.6 is 0 Å². The molecule has 0 amide bonds. The number of nitrogens with zero attached hydrogens (tertiary/aromatic N) is 3. The molecule has 1 saturated heterocycles. The topological polar surface area (TPSA) is 74.3 Å². The van der Waals surface area contributed by atoms with Gasteiger partial charge < -0.3 is 19.7 Å². The zero-order valence-corrected chi connectivity index (χ0v) is 14.1. The summed E-state index contributed by atoms with van der Waals surface area (Å²) in [6.45, 7) is 2.99. The fourth-order valence-corrected chi connectivity index (χ4v) is 3.51. The Morgan fingerprint density at radius 3 is 2.77 bits per heavy atom. The molecule has 6 nitrogen and oxygen atoms in total. The summed E-state index contributed by atoms with van der Waals surface area (Å²) in [5.41, 5.74) is 3.84. The standard InChI is InChI=1S/C20H18N4O2/c25-14-4-1-3-13(11-14)19-22-18-15-5-2-6-21-17(15)12-16(18)20(23-19)24-7-9-26-10-8-24/h1-6,11-12,21,25H,7-10H2. The van der Waals surface area contributed by atoms with E-state index in [1.54, 1.807) is 12.1 Å². The van der Waals surface area contributed by atoms with Crippen molar-refractivity contribution >= 4 is 16.7 Å². The van der Waals surface area contributed by atoms with Crippen LogP contribution in [0.3, 0.4) is 0 Å². The van der Waals surface area contributed by atoms with Crippen molar-refractivity contribution in [2.75, 3.05) is 31.2 Å². The molecule has 2 aliphatic heterocycles. The second-order valence-electron chi connectivity index (χ2n) is 6.42. The predicted octanol–water partition coefficient (Wildman–Crippen LogP) is 3.27. The number of fused-ring (bicyclic) bond motifs is 3. The molecular formula is C20H18N4O2. The summed E-state index contributed by atoms with van der Waals surface area (Å²) in [4.78, 5) is 15.2. The summed E-state index contributed by atoms with van der Waals surface area (Å²) >= 11 is 0. The van der Waals surface area contributed by atoms with E-state index >= 15 is 0 Å². The van der Waals surface area contributed by atoms with E-state index in [0.29, 0.717) is 19.0 Å². The Labute approximate surface area is 150 Å². The van der Waals surface area contributed by atoms with Gasteiger partial charge in [-0.15, -0.1) is 0 Å². The third-order valence-electron chi connectivity index (χ3n) is 4.77. The number of phenols is 1. The number of benzene rings is 1. The zero-order valence-electron chi connectivity index (χ0n) is 14.1. The third kappa shape index (κ3) is 2.46. The van der Waals surface area contributed by atoms with Gasteiger partial charge in [0.1, 0.15) is 11.6 Å². The lowest BCUT2D eigenvalue weighted by atomic mass is 10.2. The van der Waals surface area contributed by atoms with E-state index in [-0.39, 0.29) is 5.75 Å². The number of morpholine rings is 1. The first kappa shape index (κ1) is 15.2. The minimum absolute atomic E-state index is 0.208. The van der Waals surface area contributed by atoms with Gasteiger partial charge in [-0.25, -0.2) is 9.97 Å². The molecule has 1 aliphatic carbocycles. The van der Waals surface area contributed by atoms with Gasteiger partial charge >= 0.3 is 0 Å². The largest absolute Gasteiger partial charge is 0.508 e. The van der Waals surface area contributed by atoms with Crippen molar-refractivity contribution in [2.24, 2.45) is 0 Å². The van der Waals surface area contributed by atoms with Gasteiger partial charge in [-0.3, -0.25) is 0 Å². The maximum absolute atomic E-state index is 9.85. The molecule has 6 heteroatoms. The lowest BCUT2D eigenvalue weighted by Crippen LogP contribution is -2.37. The average Bonchev–Trinajstić information content (AvgIpc) is 3.06. The number of aromatic amines is 1. The first-order chi connectivity index (χ1) is 12.8. The van der Waals surface area contributed by atoms with Crippen molar-refractivity contribution in [1.29, 1.82) is 0 Å². The molecule has 5 rings (SSSR count). The van der Waals surface area contributed by atoms with Crippen molar-refractivity contribution in [3.63, 3.8) is 0 Å². The highest BCUT2D eigenvalue weighted by Crippen LogP contribution is 2.37. The third-order valence-corrected chi connectivity index (χ3v) is 4.77. The van der Waals surface area contributed by atoms with Crippen LogP contribution in [0.15, 0.2) is 48.7 Å². The lowest BCUT2D eigenvalue weighted by molar-refractivity contribution is 0.122. The second-order valence-corrected chi connectivity index (χ2v) is 6.42. The Bertz CT molecular complexity index is 1050. The number of aromatic hydroxyl groups is 1. The first-order valence-electron chi connectivity index (χ1n) is 8.69. The molecule has 1 aromatic heterocycles. The molecule has 0 bridgehead atoms. The Balaban J connectivity index is 1.78. The van der Waals surface area contributed by atoms with Crippen LogP contribution in [0.5, 0.6) is 5.75 Å². The summed E-state index contributed by atoms with van der Waals surface area (Å²) in [7, 11) is 0. The fourth-order valence-electron chi connectivity index (χ4n) is 3.51. The van der Waals surface area contributed by atoms with Gasteiger partial charge in [-0.2, -0.15) is 0 Å². The van der Waals surface area contributed by atoms with Gasteiger partial charge in [0, 0.05) is 41.5 Å². The van der Waals surface area contributed by atoms with E-state index in [0.717, 1.165) is 46.6 Å². The van der Waals surface area contributed by atoms with Crippen LogP contribution in [0.1, 0.15) is 0 Å². The lowest BCUT2D eigenvalue weighted by Gasteiger charge is -2.28. The monoisotopic (exact) mass is 346 g/mol. The molecule has 0 spiro atoms. The number of hydrogen-bond acceptors (Lipinski definition) is 5. The van der Waals surface area contributed by atoms with Gasteiger partial charge in [0.2, 0.25) is 0 Å². The summed E-state index contributed by atoms with van der Waals surface area (Å²) in [6.07, 6.45) is 1.92. The second kappa shape index (κ2) is 6.00. The smallest absolute Gasteiger partial charge is 0.162 e. The Morgan fingerprint density at radius 1 is 1.04 bits per heavy atom. The van der Waals surface area contributed by atoms with Crippen molar-refractivity contribution in [3.05, 3.63) is 48.7 Å². The maximum atomic E-state index is 9.85. The van der Waals surface area contributed by atoms with Crippen molar-refractivity contribution in [2.45, 2.75) is 0 Å². The summed E-state index contributed by atoms with van der Waals surface area (Å²) < 4.78 is 5.50. The maximum Gasteiger partial charge on any atom is 0.162 e. The quantitative estimate of drug-likeness (QED) is 0.583. The zero-order chi connectivity index (χ0) is 17.5. The summed E-state index contributed by atoms with van der Waals surface area (Å²) in [5.74, 6) is 1.74. The molecule has 2 aromatic rings. The molecule has 26 heavy (non-hydrogen) atoms. The fraction of sp³-hybridized carbons (Fsp3) is 0.200. The van der Waals surface area contributed by atoms with E-state index in [9.17, 15) is 5.11 Å². The number of aromatic nitrogens is 3. The molecular weight excluding hydrogens is 328 g/mol. The highest BCUT2D eigenvalue weighted by Gasteiger charge is 2.22. The van der Waals surface area contributed by atoms with Gasteiger partial charge in [0.05, 0.1) is 18.7 Å². The minimum Gasteiger partial charge on any atom is -0.508 e. The minimum atomic E-state index is 0.208. The molecule has 2 N–H and O–H groups in total. The van der Waals surface area contributed by atoms with Gasteiger partial charge in [-0.05, 0) is 30.3 Å². The van der Waals surface area contributed by atoms with Gasteiger partial charge in [-0.1, -0.05) is 12.1 Å². The van der Waals surface area contributed by atoms with E-state index < -0.39 is 0 Å². The molecule has 130 valence electrons. The Kier molecular flexibility index (Phi) is 3.50. The number of ether oxygens (including phenoxy) is 1. The number of phenolic OH excluding ortho intramolecular Hbond substituents is 1. The SMILES string of the molecule is Oc1cccc(-c2nc(N3CCOCC3)c3cc4[nH]cccc-4c3n2)c1. The van der Waals surface area contributed by atoms with Crippen LogP contribution in [0, 0.1) is 0 Å². The number of anilines is 1. The predicted molar refractivity (Wildman–Crippen MR) is 101 cm³/mol. The molecule has 0 atom stereocenters. The number of hydrogen-bond donors (Lipinski definition) is 2. The number of pyridine rings is 1. The highest BCUT2D eigenvalue weighted by molar-refractivity contribution is 6.04. The van der Waals surface area contributed by atoms with Crippen molar-refractivity contribution < 1.29 is 9.84 Å².